The van der Waals surface area contributed by atoms with Crippen molar-refractivity contribution in [1.82, 2.24) is 0 Å². The van der Waals surface area contributed by atoms with E-state index >= 15 is 0 Å². The molecule has 9 fully saturated rings. The zero-order valence-electron chi connectivity index (χ0n) is 41.5. The summed E-state index contributed by atoms with van der Waals surface area (Å²) in [5.41, 5.74) is -2.75. The third kappa shape index (κ3) is 8.55. The summed E-state index contributed by atoms with van der Waals surface area (Å²) in [5.74, 6) is -1.79. The summed E-state index contributed by atoms with van der Waals surface area (Å²) in [4.78, 5) is 0. The fraction of sp³-hybridized carbons (Fsp3) is 0.958. The highest BCUT2D eigenvalue weighted by atomic mass is 32.3. The molecule has 4 aliphatic carbocycles. The summed E-state index contributed by atoms with van der Waals surface area (Å²) in [6, 6.07) is 0. The normalized spacial score (nSPS) is 55.1. The molecule has 9 aliphatic rings. The van der Waals surface area contributed by atoms with Gasteiger partial charge in [0.25, 0.3) is 0 Å². The zero-order valence-corrected chi connectivity index (χ0v) is 42.3. The van der Waals surface area contributed by atoms with Gasteiger partial charge >= 0.3 is 10.4 Å². The summed E-state index contributed by atoms with van der Waals surface area (Å²) in [6.45, 7) is 16.4. The molecule has 0 radical (unpaired) electrons. The van der Waals surface area contributed by atoms with E-state index < -0.39 is 162 Å². The summed E-state index contributed by atoms with van der Waals surface area (Å²) in [5, 5.41) is 108. The van der Waals surface area contributed by atoms with Crippen LogP contribution in [0.25, 0.3) is 0 Å². The lowest BCUT2D eigenvalue weighted by Gasteiger charge is -2.70. The predicted octanol–water partition coefficient (Wildman–Crippen LogP) is -0.847. The molecule has 11 N–H and O–H groups in total. The van der Waals surface area contributed by atoms with Gasteiger partial charge < -0.3 is 89.0 Å². The average Bonchev–Trinajstić information content (AvgIpc) is 3.82. The lowest BCUT2D eigenvalue weighted by Crippen LogP contribution is -2.69. The molecule has 9 rings (SSSR count). The van der Waals surface area contributed by atoms with Gasteiger partial charge in [-0.05, 0) is 98.9 Å². The maximum absolute atomic E-state index is 12.6. The molecule has 5 heterocycles. The topological polar surface area (TPSA) is 340 Å². The first kappa shape index (κ1) is 54.7. The molecule has 2 bridgehead atoms. The smallest absolute Gasteiger partial charge is 0.394 e. The Kier molecular flexibility index (Phi) is 14.5. The van der Waals surface area contributed by atoms with E-state index in [0.717, 1.165) is 19.3 Å². The third-order valence-corrected chi connectivity index (χ3v) is 20.3. The van der Waals surface area contributed by atoms with Gasteiger partial charge in [-0.3, -0.25) is 4.55 Å². The number of hydrogen-bond donors (Lipinski definition) is 11. The Balaban J connectivity index is 0.989. The molecule has 0 unspecified atom stereocenters. The molecule has 0 aromatic rings. The predicted molar refractivity (Wildman–Crippen MR) is 241 cm³/mol. The molecule has 0 amide bonds. The fourth-order valence-corrected chi connectivity index (χ4v) is 17.0. The maximum atomic E-state index is 12.6. The lowest BCUT2D eigenvalue weighted by atomic mass is 9.35. The Morgan fingerprint density at radius 1 is 0.732 bits per heavy atom. The van der Waals surface area contributed by atoms with Gasteiger partial charge in [0.15, 0.2) is 24.7 Å². The van der Waals surface area contributed by atoms with Crippen LogP contribution >= 0.6 is 0 Å². The van der Waals surface area contributed by atoms with Crippen LogP contribution < -0.4 is 0 Å². The van der Waals surface area contributed by atoms with Crippen molar-refractivity contribution in [2.24, 2.45) is 45.3 Å². The molecular weight excluding hydrogens is 961 g/mol. The van der Waals surface area contributed by atoms with Gasteiger partial charge in [-0.15, -0.1) is 0 Å². The van der Waals surface area contributed by atoms with E-state index in [9.17, 15) is 64.0 Å². The summed E-state index contributed by atoms with van der Waals surface area (Å²) in [6.07, 6.45) is -22.1. The van der Waals surface area contributed by atoms with Crippen molar-refractivity contribution in [3.8, 4) is 0 Å². The van der Waals surface area contributed by atoms with E-state index in [4.69, 9.17) is 42.1 Å². The van der Waals surface area contributed by atoms with Crippen LogP contribution in [0.15, 0.2) is 12.2 Å². The molecule has 408 valence electrons. The number of ether oxygens (including phenoxy) is 8. The van der Waals surface area contributed by atoms with E-state index in [0.29, 0.717) is 37.9 Å². The van der Waals surface area contributed by atoms with Crippen LogP contribution in [0.3, 0.4) is 0 Å². The number of rotatable bonds is 12. The van der Waals surface area contributed by atoms with Crippen LogP contribution in [0.2, 0.25) is 0 Å². The highest BCUT2D eigenvalue weighted by molar-refractivity contribution is 7.80. The Hall–Kier alpha value is -1.11. The van der Waals surface area contributed by atoms with Gasteiger partial charge in [0.2, 0.25) is 0 Å². The second kappa shape index (κ2) is 18.8. The van der Waals surface area contributed by atoms with E-state index in [1.165, 1.54) is 6.92 Å². The number of aliphatic hydroxyl groups is 10. The first-order valence-electron chi connectivity index (χ1n) is 25.3. The number of fused-ring (bicyclic) bond motifs is 4. The molecule has 5 aliphatic heterocycles. The Bertz CT molecular complexity index is 2080. The molecular formula is C48H78O22S. The van der Waals surface area contributed by atoms with Crippen LogP contribution in [0.5, 0.6) is 0 Å². The van der Waals surface area contributed by atoms with Crippen molar-refractivity contribution >= 4 is 10.4 Å². The monoisotopic (exact) mass is 1040 g/mol. The van der Waals surface area contributed by atoms with Gasteiger partial charge in [0.05, 0.1) is 43.7 Å². The summed E-state index contributed by atoms with van der Waals surface area (Å²) >= 11 is 0. The fourth-order valence-electron chi connectivity index (χ4n) is 16.4. The van der Waals surface area contributed by atoms with Gasteiger partial charge in [0, 0.05) is 24.2 Å². The molecule has 71 heavy (non-hydrogen) atoms. The Morgan fingerprint density at radius 2 is 1.35 bits per heavy atom. The molecule has 0 aromatic heterocycles. The van der Waals surface area contributed by atoms with Crippen molar-refractivity contribution in [1.29, 1.82) is 0 Å². The van der Waals surface area contributed by atoms with E-state index in [-0.39, 0.29) is 35.0 Å². The van der Waals surface area contributed by atoms with Crippen molar-refractivity contribution in [3.05, 3.63) is 12.2 Å². The molecule has 23 heteroatoms. The Labute approximate surface area is 414 Å². The molecule has 27 atom stereocenters. The van der Waals surface area contributed by atoms with E-state index in [1.807, 2.05) is 0 Å². The molecule has 4 saturated carbocycles. The highest BCUT2D eigenvalue weighted by Crippen LogP contribution is 2.80. The van der Waals surface area contributed by atoms with E-state index in [2.05, 4.69) is 34.3 Å². The minimum Gasteiger partial charge on any atom is -0.394 e. The quantitative estimate of drug-likeness (QED) is 0.0644. The van der Waals surface area contributed by atoms with Crippen LogP contribution in [-0.2, 0) is 52.5 Å². The first-order chi connectivity index (χ1) is 33.0. The van der Waals surface area contributed by atoms with Crippen LogP contribution in [-0.4, -0.2) is 206 Å². The standard InChI is InChI=1S/C48H78O22S/c1-20(2)29(51)23-15-46(8,70-71(59,60)61)39-22-9-10-27-44(6)13-12-28(43(4,5)26(44)11-14-45(27,7)47(22)18-48(39,69-23)62-19-47)66-42-38(68-41-35(57)33(55)31(53)24(16-49)64-41)36(58)37(25(17-50)65-42)67-40-34(56)32(54)30(52)21(3)63-40/h21-42,49-58H,1,9-19H2,2-8H3,(H,59,60,61)/t21-,22-,23-,24-,25-,26+,27+,28-,29-,30-,31-,32+,33+,34-,35-,36+,37-,38-,39+,40+,41+,42+,44-,45-,46-,47-,48-/m0/s1. The minimum atomic E-state index is -4.94. The SMILES string of the molecule is C=C(C)[C@H](O)[C@@H]1C[C@](C)(OS(=O)(=O)O)[C@H]2[C@@H]3CC[C@@H]4[C@@]5(C)CC[C@H](O[C@H]6O[C@@H](CO)[C@H](O[C@H]7O[C@@H](C)[C@H](O)[C@@H](O)[C@@H]7O)[C@@H](O)[C@@H]6O[C@H]6O[C@@H](CO)[C@H](O)[C@@H](O)[C@@H]6O)C(C)(C)[C@H]5CC[C@]4(C)[C@@]34CO[C@@]2(C4)O1. The number of hydrogen-bond acceptors (Lipinski definition) is 21. The highest BCUT2D eigenvalue weighted by Gasteiger charge is 2.82. The maximum Gasteiger partial charge on any atom is 0.397 e. The van der Waals surface area contributed by atoms with Crippen LogP contribution in [0, 0.1) is 45.3 Å². The minimum absolute atomic E-state index is 0.0198. The van der Waals surface area contributed by atoms with Crippen molar-refractivity contribution < 1.29 is 106 Å². The first-order valence-corrected chi connectivity index (χ1v) is 26.6. The molecule has 2 spiro atoms. The lowest BCUT2D eigenvalue weighted by molar-refractivity contribution is -0.395. The second-order valence-corrected chi connectivity index (χ2v) is 24.9. The van der Waals surface area contributed by atoms with Crippen molar-refractivity contribution in [3.63, 3.8) is 0 Å². The van der Waals surface area contributed by atoms with Crippen LogP contribution in [0.1, 0.15) is 99.8 Å². The van der Waals surface area contributed by atoms with Gasteiger partial charge in [0.1, 0.15) is 73.2 Å². The van der Waals surface area contributed by atoms with E-state index in [1.54, 1.807) is 13.8 Å². The Morgan fingerprint density at radius 3 is 1.99 bits per heavy atom. The molecule has 0 aromatic carbocycles. The van der Waals surface area contributed by atoms with Crippen molar-refractivity contribution in [2.75, 3.05) is 19.8 Å². The van der Waals surface area contributed by atoms with Gasteiger partial charge in [-0.2, -0.15) is 8.42 Å². The van der Waals surface area contributed by atoms with Gasteiger partial charge in [-0.25, -0.2) is 4.18 Å². The molecule has 5 saturated heterocycles. The largest absolute Gasteiger partial charge is 0.397 e. The molecule has 22 nitrogen and oxygen atoms in total. The summed E-state index contributed by atoms with van der Waals surface area (Å²) in [7, 11) is -4.94. The average molecular weight is 1040 g/mol. The van der Waals surface area contributed by atoms with Crippen molar-refractivity contribution in [2.45, 2.75) is 222 Å². The third-order valence-electron chi connectivity index (χ3n) is 19.7. The zero-order chi connectivity index (χ0) is 51.9. The van der Waals surface area contributed by atoms with Gasteiger partial charge in [-0.1, -0.05) is 34.3 Å². The number of aliphatic hydroxyl groups excluding tert-OH is 10. The summed E-state index contributed by atoms with van der Waals surface area (Å²) < 4.78 is 91.4. The second-order valence-electron chi connectivity index (χ2n) is 23.9. The van der Waals surface area contributed by atoms with Crippen LogP contribution in [0.4, 0.5) is 0 Å².